The average molecular weight is 292 g/mol. The number of benzene rings is 1. The van der Waals surface area contributed by atoms with Crippen molar-refractivity contribution in [2.75, 3.05) is 20.1 Å². The summed E-state index contributed by atoms with van der Waals surface area (Å²) in [5.41, 5.74) is 0.266. The monoisotopic (exact) mass is 292 g/mol. The fourth-order valence-electron chi connectivity index (χ4n) is 2.26. The van der Waals surface area contributed by atoms with Gasteiger partial charge in [-0.05, 0) is 52.4 Å². The van der Waals surface area contributed by atoms with Crippen molar-refractivity contribution in [2.24, 2.45) is 0 Å². The Morgan fingerprint density at radius 1 is 1.29 bits per heavy atom. The van der Waals surface area contributed by atoms with Crippen LogP contribution >= 0.6 is 0 Å². The van der Waals surface area contributed by atoms with Crippen molar-refractivity contribution in [3.63, 3.8) is 0 Å². The lowest BCUT2D eigenvalue weighted by atomic mass is 9.98. The number of nitrogens with zero attached hydrogens (tertiary/aromatic N) is 1. The van der Waals surface area contributed by atoms with Gasteiger partial charge >= 0.3 is 5.97 Å². The molecule has 1 rings (SSSR count). The number of hydrogen-bond acceptors (Lipinski definition) is 3. The summed E-state index contributed by atoms with van der Waals surface area (Å²) in [6, 6.07) is 7.36. The molecule has 0 radical (unpaired) electrons. The predicted molar refractivity (Wildman–Crippen MR) is 82.5 cm³/mol. The topological polar surface area (TPSA) is 69.6 Å². The van der Waals surface area contributed by atoms with Crippen LogP contribution in [0.3, 0.4) is 0 Å². The molecule has 0 saturated carbocycles. The number of nitrogens with one attached hydrogen (secondary N) is 1. The minimum atomic E-state index is -1.23. The quantitative estimate of drug-likeness (QED) is 0.803. The second kappa shape index (κ2) is 7.22. The summed E-state index contributed by atoms with van der Waals surface area (Å²) in [6.45, 7) is 6.00. The average Bonchev–Trinajstić information content (AvgIpc) is 2.45. The van der Waals surface area contributed by atoms with Gasteiger partial charge in [0.2, 0.25) is 0 Å². The van der Waals surface area contributed by atoms with Crippen LogP contribution in [0.4, 0.5) is 0 Å². The summed E-state index contributed by atoms with van der Waals surface area (Å²) in [4.78, 5) is 25.6. The summed E-state index contributed by atoms with van der Waals surface area (Å²) in [5.74, 6) is -1.25. The molecular weight excluding hydrogens is 268 g/mol. The van der Waals surface area contributed by atoms with Gasteiger partial charge in [0.05, 0.1) is 0 Å². The zero-order chi connectivity index (χ0) is 16.0. The smallest absolute Gasteiger partial charge is 0.329 e. The Morgan fingerprint density at radius 3 is 2.43 bits per heavy atom. The Bertz CT molecular complexity index is 512. The SMILES string of the molecule is CCN(C(=O)c1ccccc1CCNC)C(C)(C)C(=O)O. The van der Waals surface area contributed by atoms with E-state index >= 15 is 0 Å². The molecule has 2 N–H and O–H groups in total. The number of hydrogen-bond donors (Lipinski definition) is 2. The highest BCUT2D eigenvalue weighted by Gasteiger charge is 2.37. The van der Waals surface area contributed by atoms with E-state index < -0.39 is 11.5 Å². The molecule has 21 heavy (non-hydrogen) atoms. The largest absolute Gasteiger partial charge is 0.480 e. The van der Waals surface area contributed by atoms with E-state index in [1.54, 1.807) is 32.9 Å². The van der Waals surface area contributed by atoms with Gasteiger partial charge in [-0.15, -0.1) is 0 Å². The van der Waals surface area contributed by atoms with Crippen LogP contribution in [-0.2, 0) is 11.2 Å². The third-order valence-corrected chi connectivity index (χ3v) is 3.65. The third kappa shape index (κ3) is 3.82. The van der Waals surface area contributed by atoms with Crippen LogP contribution in [0.25, 0.3) is 0 Å². The molecule has 0 aromatic heterocycles. The van der Waals surface area contributed by atoms with Gasteiger partial charge in [-0.2, -0.15) is 0 Å². The first kappa shape index (κ1) is 17.2. The zero-order valence-electron chi connectivity index (χ0n) is 13.1. The molecule has 1 amide bonds. The number of carbonyl (C=O) groups excluding carboxylic acids is 1. The molecule has 0 aliphatic rings. The number of carboxylic acids is 1. The molecule has 0 bridgehead atoms. The van der Waals surface area contributed by atoms with Crippen molar-refractivity contribution in [3.8, 4) is 0 Å². The molecule has 0 aliphatic carbocycles. The van der Waals surface area contributed by atoms with Crippen molar-refractivity contribution >= 4 is 11.9 Å². The molecule has 0 unspecified atom stereocenters. The molecule has 0 spiro atoms. The Hall–Kier alpha value is -1.88. The third-order valence-electron chi connectivity index (χ3n) is 3.65. The van der Waals surface area contributed by atoms with Crippen LogP contribution in [0.2, 0.25) is 0 Å². The van der Waals surface area contributed by atoms with E-state index in [0.29, 0.717) is 12.1 Å². The number of aliphatic carboxylic acids is 1. The van der Waals surface area contributed by atoms with Crippen molar-refractivity contribution < 1.29 is 14.7 Å². The van der Waals surface area contributed by atoms with Gasteiger partial charge in [-0.3, -0.25) is 4.79 Å². The number of amides is 1. The molecule has 116 valence electrons. The standard InChI is InChI=1S/C16H24N2O3/c1-5-18(16(2,3)15(20)21)14(19)13-9-7-6-8-12(13)10-11-17-4/h6-9,17H,5,10-11H2,1-4H3,(H,20,21). The maximum atomic E-state index is 12.8. The van der Waals surface area contributed by atoms with E-state index in [9.17, 15) is 14.7 Å². The molecule has 1 aromatic rings. The second-order valence-electron chi connectivity index (χ2n) is 5.42. The molecule has 0 saturated heterocycles. The Morgan fingerprint density at radius 2 is 1.90 bits per heavy atom. The number of rotatable bonds is 7. The Balaban J connectivity index is 3.14. The van der Waals surface area contributed by atoms with E-state index in [1.807, 2.05) is 19.2 Å². The highest BCUT2D eigenvalue weighted by atomic mass is 16.4. The van der Waals surface area contributed by atoms with Gasteiger partial charge in [-0.25, -0.2) is 4.79 Å². The van der Waals surface area contributed by atoms with Crippen molar-refractivity contribution in [1.29, 1.82) is 0 Å². The molecule has 1 aromatic carbocycles. The van der Waals surface area contributed by atoms with E-state index in [2.05, 4.69) is 5.32 Å². The van der Waals surface area contributed by atoms with Crippen molar-refractivity contribution in [1.82, 2.24) is 10.2 Å². The van der Waals surface area contributed by atoms with Crippen LogP contribution < -0.4 is 5.32 Å². The predicted octanol–water partition coefficient (Wildman–Crippen LogP) is 1.77. The second-order valence-corrected chi connectivity index (χ2v) is 5.42. The first-order valence-corrected chi connectivity index (χ1v) is 7.14. The van der Waals surface area contributed by atoms with Gasteiger partial charge in [0, 0.05) is 12.1 Å². The van der Waals surface area contributed by atoms with Gasteiger partial charge < -0.3 is 15.3 Å². The van der Waals surface area contributed by atoms with E-state index in [1.165, 1.54) is 4.90 Å². The van der Waals surface area contributed by atoms with Gasteiger partial charge in [0.15, 0.2) is 0 Å². The molecular formula is C16H24N2O3. The molecule has 5 nitrogen and oxygen atoms in total. The van der Waals surface area contributed by atoms with Gasteiger partial charge in [0.25, 0.3) is 5.91 Å². The van der Waals surface area contributed by atoms with Crippen molar-refractivity contribution in [2.45, 2.75) is 32.7 Å². The van der Waals surface area contributed by atoms with Crippen molar-refractivity contribution in [3.05, 3.63) is 35.4 Å². The number of carbonyl (C=O) groups is 2. The van der Waals surface area contributed by atoms with Gasteiger partial charge in [-0.1, -0.05) is 18.2 Å². The summed E-state index contributed by atoms with van der Waals surface area (Å²) in [5, 5.41) is 12.4. The van der Waals surface area contributed by atoms with E-state index in [-0.39, 0.29) is 5.91 Å². The lowest BCUT2D eigenvalue weighted by molar-refractivity contribution is -0.147. The fourth-order valence-corrected chi connectivity index (χ4v) is 2.26. The van der Waals surface area contributed by atoms with Crippen LogP contribution in [0.1, 0.15) is 36.7 Å². The van der Waals surface area contributed by atoms with Crippen LogP contribution in [0.15, 0.2) is 24.3 Å². The molecule has 0 atom stereocenters. The van der Waals surface area contributed by atoms with E-state index in [0.717, 1.165) is 18.5 Å². The molecule has 0 fully saturated rings. The lowest BCUT2D eigenvalue weighted by Crippen LogP contribution is -2.53. The first-order valence-electron chi connectivity index (χ1n) is 7.14. The Labute approximate surface area is 126 Å². The van der Waals surface area contributed by atoms with Crippen LogP contribution in [0, 0.1) is 0 Å². The molecule has 0 heterocycles. The minimum absolute atomic E-state index is 0.239. The zero-order valence-corrected chi connectivity index (χ0v) is 13.1. The summed E-state index contributed by atoms with van der Waals surface area (Å²) >= 11 is 0. The highest BCUT2D eigenvalue weighted by molar-refractivity contribution is 5.98. The lowest BCUT2D eigenvalue weighted by Gasteiger charge is -2.34. The fraction of sp³-hybridized carbons (Fsp3) is 0.500. The van der Waals surface area contributed by atoms with E-state index in [4.69, 9.17) is 0 Å². The number of carboxylic acid groups (broad SMARTS) is 1. The maximum absolute atomic E-state index is 12.8. The molecule has 0 aliphatic heterocycles. The van der Waals surface area contributed by atoms with Gasteiger partial charge in [0.1, 0.15) is 5.54 Å². The first-order chi connectivity index (χ1) is 9.86. The normalized spacial score (nSPS) is 11.2. The Kier molecular flexibility index (Phi) is 5.90. The van der Waals surface area contributed by atoms with Crippen LogP contribution in [0.5, 0.6) is 0 Å². The number of likely N-dealkylation sites (N-methyl/N-ethyl adjacent to an activating group) is 2. The van der Waals surface area contributed by atoms with Crippen LogP contribution in [-0.4, -0.2) is 47.6 Å². The minimum Gasteiger partial charge on any atom is -0.480 e. The summed E-state index contributed by atoms with van der Waals surface area (Å²) < 4.78 is 0. The summed E-state index contributed by atoms with van der Waals surface area (Å²) in [7, 11) is 1.86. The summed E-state index contributed by atoms with van der Waals surface area (Å²) in [6.07, 6.45) is 0.726. The highest BCUT2D eigenvalue weighted by Crippen LogP contribution is 2.20. The maximum Gasteiger partial charge on any atom is 0.329 e. The molecule has 5 heteroatoms.